The molecule has 6 heteroatoms. The van der Waals surface area contributed by atoms with E-state index in [9.17, 15) is 9.50 Å². The van der Waals surface area contributed by atoms with Crippen molar-refractivity contribution in [2.24, 2.45) is 7.05 Å². The van der Waals surface area contributed by atoms with Crippen LogP contribution in [0.4, 0.5) is 10.3 Å². The van der Waals surface area contributed by atoms with Gasteiger partial charge in [-0.15, -0.1) is 10.2 Å². The number of benzene rings is 1. The number of aromatic hydroxyl groups is 1. The van der Waals surface area contributed by atoms with E-state index in [2.05, 4.69) is 15.5 Å². The van der Waals surface area contributed by atoms with Gasteiger partial charge in [-0.2, -0.15) is 0 Å². The van der Waals surface area contributed by atoms with Crippen LogP contribution in [0.1, 0.15) is 0 Å². The second-order valence-electron chi connectivity index (χ2n) is 3.32. The van der Waals surface area contributed by atoms with Crippen LogP contribution in [0, 0.1) is 5.82 Å². The highest BCUT2D eigenvalue weighted by Gasteiger charge is 2.13. The highest BCUT2D eigenvalue weighted by molar-refractivity contribution is 5.65. The van der Waals surface area contributed by atoms with Crippen molar-refractivity contribution in [3.63, 3.8) is 0 Å². The first kappa shape index (κ1) is 10.4. The van der Waals surface area contributed by atoms with E-state index in [1.165, 1.54) is 18.2 Å². The number of nitrogens with one attached hydrogen (secondary N) is 1. The number of rotatable bonds is 2. The molecule has 0 radical (unpaired) electrons. The van der Waals surface area contributed by atoms with E-state index in [0.29, 0.717) is 17.3 Å². The Morgan fingerprint density at radius 1 is 1.38 bits per heavy atom. The first-order chi connectivity index (χ1) is 7.63. The Bertz CT molecular complexity index is 524. The molecule has 0 bridgehead atoms. The zero-order valence-corrected chi connectivity index (χ0v) is 8.90. The zero-order chi connectivity index (χ0) is 11.7. The molecule has 0 atom stereocenters. The van der Waals surface area contributed by atoms with E-state index < -0.39 is 5.82 Å². The summed E-state index contributed by atoms with van der Waals surface area (Å²) in [6, 6.07) is 3.70. The number of hydrogen-bond acceptors (Lipinski definition) is 4. The minimum atomic E-state index is -0.429. The maximum absolute atomic E-state index is 13.1. The van der Waals surface area contributed by atoms with Crippen LogP contribution in [0.3, 0.4) is 0 Å². The van der Waals surface area contributed by atoms with Crippen molar-refractivity contribution in [2.75, 3.05) is 12.4 Å². The Kier molecular flexibility index (Phi) is 2.47. The topological polar surface area (TPSA) is 63.0 Å². The van der Waals surface area contributed by atoms with Crippen LogP contribution in [0.2, 0.25) is 0 Å². The number of phenolic OH excluding ortho intramolecular Hbond substituents is 1. The quantitative estimate of drug-likeness (QED) is 0.805. The van der Waals surface area contributed by atoms with Crippen molar-refractivity contribution in [1.82, 2.24) is 14.8 Å². The van der Waals surface area contributed by atoms with Gasteiger partial charge in [0.25, 0.3) is 0 Å². The van der Waals surface area contributed by atoms with Gasteiger partial charge >= 0.3 is 0 Å². The maximum Gasteiger partial charge on any atom is 0.224 e. The Balaban J connectivity index is 2.58. The van der Waals surface area contributed by atoms with Crippen LogP contribution in [0.5, 0.6) is 5.75 Å². The average molecular weight is 222 g/mol. The van der Waals surface area contributed by atoms with Crippen LogP contribution in [-0.4, -0.2) is 26.9 Å². The minimum absolute atomic E-state index is 0.0282. The molecular formula is C10H11FN4O. The van der Waals surface area contributed by atoms with Crippen LogP contribution in [0.25, 0.3) is 11.4 Å². The zero-order valence-electron chi connectivity index (χ0n) is 8.90. The van der Waals surface area contributed by atoms with Crippen molar-refractivity contribution in [3.8, 4) is 17.1 Å². The lowest BCUT2D eigenvalue weighted by Gasteiger charge is -2.05. The molecule has 0 spiro atoms. The summed E-state index contributed by atoms with van der Waals surface area (Å²) in [5, 5.41) is 20.2. The molecule has 2 rings (SSSR count). The van der Waals surface area contributed by atoms with Gasteiger partial charge in [-0.3, -0.25) is 4.57 Å². The number of phenols is 1. The van der Waals surface area contributed by atoms with Gasteiger partial charge in [0.2, 0.25) is 5.95 Å². The van der Waals surface area contributed by atoms with E-state index >= 15 is 0 Å². The second-order valence-corrected chi connectivity index (χ2v) is 3.32. The molecule has 2 N–H and O–H groups in total. The molecule has 0 saturated heterocycles. The lowest BCUT2D eigenvalue weighted by Crippen LogP contribution is -2.00. The molecule has 2 aromatic rings. The summed E-state index contributed by atoms with van der Waals surface area (Å²) >= 11 is 0. The number of aromatic nitrogens is 3. The summed E-state index contributed by atoms with van der Waals surface area (Å²) in [5.41, 5.74) is 0.316. The first-order valence-corrected chi connectivity index (χ1v) is 4.69. The van der Waals surface area contributed by atoms with Crippen molar-refractivity contribution in [1.29, 1.82) is 0 Å². The second kappa shape index (κ2) is 3.80. The Labute approximate surface area is 91.6 Å². The smallest absolute Gasteiger partial charge is 0.224 e. The Hall–Kier alpha value is -2.11. The first-order valence-electron chi connectivity index (χ1n) is 4.69. The molecule has 5 nitrogen and oxygen atoms in total. The van der Waals surface area contributed by atoms with E-state index in [1.807, 2.05) is 0 Å². The summed E-state index contributed by atoms with van der Waals surface area (Å²) < 4.78 is 14.7. The van der Waals surface area contributed by atoms with E-state index in [1.54, 1.807) is 18.7 Å². The monoisotopic (exact) mass is 222 g/mol. The number of anilines is 1. The molecular weight excluding hydrogens is 211 g/mol. The molecule has 16 heavy (non-hydrogen) atoms. The average Bonchev–Trinajstić information content (AvgIpc) is 2.63. The molecule has 0 aliphatic rings. The molecule has 0 aliphatic carbocycles. The van der Waals surface area contributed by atoms with Crippen LogP contribution in [-0.2, 0) is 7.05 Å². The molecule has 0 aliphatic heterocycles. The van der Waals surface area contributed by atoms with Gasteiger partial charge < -0.3 is 10.4 Å². The summed E-state index contributed by atoms with van der Waals surface area (Å²) in [7, 11) is 3.44. The highest BCUT2D eigenvalue weighted by atomic mass is 19.1. The predicted molar refractivity (Wildman–Crippen MR) is 57.6 cm³/mol. The molecule has 1 aromatic heterocycles. The van der Waals surface area contributed by atoms with Gasteiger partial charge in [0.15, 0.2) is 5.82 Å². The fourth-order valence-corrected chi connectivity index (χ4v) is 1.47. The Morgan fingerprint density at radius 2 is 2.12 bits per heavy atom. The normalized spacial score (nSPS) is 10.4. The van der Waals surface area contributed by atoms with Crippen LogP contribution < -0.4 is 5.32 Å². The summed E-state index contributed by atoms with van der Waals surface area (Å²) in [6.07, 6.45) is 0. The SMILES string of the molecule is CNc1nnc(-c2cc(F)ccc2O)n1C. The van der Waals surface area contributed by atoms with Gasteiger partial charge in [-0.05, 0) is 18.2 Å². The van der Waals surface area contributed by atoms with E-state index in [0.717, 1.165) is 0 Å². The molecule has 0 unspecified atom stereocenters. The molecule has 0 fully saturated rings. The highest BCUT2D eigenvalue weighted by Crippen LogP contribution is 2.28. The number of nitrogens with zero attached hydrogens (tertiary/aromatic N) is 3. The minimum Gasteiger partial charge on any atom is -0.507 e. The molecule has 84 valence electrons. The van der Waals surface area contributed by atoms with Gasteiger partial charge in [0.05, 0.1) is 5.56 Å². The summed E-state index contributed by atoms with van der Waals surface area (Å²) in [4.78, 5) is 0. The fraction of sp³-hybridized carbons (Fsp3) is 0.200. The fourth-order valence-electron chi connectivity index (χ4n) is 1.47. The lowest BCUT2D eigenvalue weighted by atomic mass is 10.2. The van der Waals surface area contributed by atoms with Crippen LogP contribution >= 0.6 is 0 Å². The maximum atomic E-state index is 13.1. The molecule has 0 saturated carbocycles. The summed E-state index contributed by atoms with van der Waals surface area (Å²) in [5.74, 6) is 0.487. The number of halogens is 1. The molecule has 1 aromatic carbocycles. The van der Waals surface area contributed by atoms with Gasteiger partial charge in [0, 0.05) is 14.1 Å². The van der Waals surface area contributed by atoms with Crippen molar-refractivity contribution in [3.05, 3.63) is 24.0 Å². The van der Waals surface area contributed by atoms with Crippen molar-refractivity contribution >= 4 is 5.95 Å². The molecule has 0 amide bonds. The lowest BCUT2D eigenvalue weighted by molar-refractivity contribution is 0.474. The van der Waals surface area contributed by atoms with E-state index in [4.69, 9.17) is 0 Å². The molecule has 1 heterocycles. The van der Waals surface area contributed by atoms with Gasteiger partial charge in [-0.25, -0.2) is 4.39 Å². The Morgan fingerprint density at radius 3 is 2.75 bits per heavy atom. The summed E-state index contributed by atoms with van der Waals surface area (Å²) in [6.45, 7) is 0. The van der Waals surface area contributed by atoms with Gasteiger partial charge in [-0.1, -0.05) is 0 Å². The predicted octanol–water partition coefficient (Wildman–Crippen LogP) is 1.37. The third-order valence-corrected chi connectivity index (χ3v) is 2.30. The number of hydrogen-bond donors (Lipinski definition) is 2. The van der Waals surface area contributed by atoms with Gasteiger partial charge in [0.1, 0.15) is 11.6 Å². The van der Waals surface area contributed by atoms with Crippen molar-refractivity contribution < 1.29 is 9.50 Å². The van der Waals surface area contributed by atoms with E-state index in [-0.39, 0.29) is 5.75 Å². The third kappa shape index (κ3) is 1.58. The van der Waals surface area contributed by atoms with Crippen molar-refractivity contribution in [2.45, 2.75) is 0 Å². The third-order valence-electron chi connectivity index (χ3n) is 2.30. The largest absolute Gasteiger partial charge is 0.507 e. The standard InChI is InChI=1S/C10H11FN4O/c1-12-10-14-13-9(15(10)2)7-5-6(11)3-4-8(7)16/h3-5,16H,1-2H3,(H,12,14). The van der Waals surface area contributed by atoms with Crippen LogP contribution in [0.15, 0.2) is 18.2 Å².